The summed E-state index contributed by atoms with van der Waals surface area (Å²) in [5.41, 5.74) is 0.955. The first kappa shape index (κ1) is 16.0. The lowest BCUT2D eigenvalue weighted by Crippen LogP contribution is -2.29. The molecule has 1 atom stereocenters. The predicted octanol–water partition coefficient (Wildman–Crippen LogP) is 3.62. The summed E-state index contributed by atoms with van der Waals surface area (Å²) in [6, 6.07) is 7.83. The van der Waals surface area contributed by atoms with Crippen LogP contribution in [0.25, 0.3) is 16.3 Å². The Morgan fingerprint density at radius 1 is 1.40 bits per heavy atom. The molecule has 6 nitrogen and oxygen atoms in total. The molecule has 1 amide bonds. The van der Waals surface area contributed by atoms with Gasteiger partial charge in [0, 0.05) is 19.0 Å². The summed E-state index contributed by atoms with van der Waals surface area (Å²) in [5, 5.41) is 4.77. The van der Waals surface area contributed by atoms with Crippen molar-refractivity contribution in [2.24, 2.45) is 0 Å². The summed E-state index contributed by atoms with van der Waals surface area (Å²) in [5.74, 6) is 1.17. The highest BCUT2D eigenvalue weighted by atomic mass is 32.1. The Balaban J connectivity index is 1.51. The zero-order chi connectivity index (χ0) is 17.2. The van der Waals surface area contributed by atoms with Gasteiger partial charge in [-0.05, 0) is 31.1 Å². The number of fused-ring (bicyclic) bond motifs is 1. The lowest BCUT2D eigenvalue weighted by atomic mass is 10.2. The summed E-state index contributed by atoms with van der Waals surface area (Å²) in [4.78, 5) is 23.3. The average molecular weight is 354 g/mol. The van der Waals surface area contributed by atoms with E-state index in [9.17, 15) is 4.79 Å². The van der Waals surface area contributed by atoms with E-state index in [1.807, 2.05) is 31.2 Å². The number of nitrogens with zero attached hydrogens (tertiary/aromatic N) is 4. The van der Waals surface area contributed by atoms with E-state index in [-0.39, 0.29) is 11.9 Å². The number of amides is 1. The highest BCUT2D eigenvalue weighted by Crippen LogP contribution is 2.31. The Labute approximate surface area is 149 Å². The number of likely N-dealkylation sites (tertiary alicyclic amines) is 1. The molecule has 1 aromatic carbocycles. The number of carbonyl (C=O) groups excluding carboxylic acids is 1. The molecule has 128 valence electrons. The number of aryl methyl sites for hydroxylation is 1. The fourth-order valence-electron chi connectivity index (χ4n) is 3.03. The Hall–Kier alpha value is -2.54. The molecule has 1 saturated heterocycles. The van der Waals surface area contributed by atoms with Crippen LogP contribution in [0.15, 0.2) is 34.9 Å². The van der Waals surface area contributed by atoms with Crippen molar-refractivity contribution in [1.29, 1.82) is 0 Å². The smallest absolute Gasteiger partial charge is 0.249 e. The summed E-state index contributed by atoms with van der Waals surface area (Å²) in [7, 11) is 0. The van der Waals surface area contributed by atoms with Gasteiger partial charge in [-0.3, -0.25) is 4.79 Å². The zero-order valence-corrected chi connectivity index (χ0v) is 14.7. The molecule has 0 unspecified atom stereocenters. The van der Waals surface area contributed by atoms with Gasteiger partial charge in [0.25, 0.3) is 0 Å². The summed E-state index contributed by atoms with van der Waals surface area (Å²) in [6.07, 6.45) is 5.89. The van der Waals surface area contributed by atoms with Gasteiger partial charge in [0.05, 0.1) is 10.2 Å². The van der Waals surface area contributed by atoms with Gasteiger partial charge in [-0.15, -0.1) is 11.3 Å². The Kier molecular flexibility index (Phi) is 4.31. The van der Waals surface area contributed by atoms with Crippen LogP contribution >= 0.6 is 11.3 Å². The summed E-state index contributed by atoms with van der Waals surface area (Å²) >= 11 is 1.58. The highest BCUT2D eigenvalue weighted by molar-refractivity contribution is 7.19. The largest absolute Gasteiger partial charge is 0.337 e. The maximum absolute atomic E-state index is 12.6. The molecule has 2 aromatic heterocycles. The van der Waals surface area contributed by atoms with Crippen LogP contribution < -0.4 is 0 Å². The molecular formula is C18H18N4O2S. The van der Waals surface area contributed by atoms with Gasteiger partial charge in [-0.2, -0.15) is 4.98 Å². The zero-order valence-electron chi connectivity index (χ0n) is 13.9. The van der Waals surface area contributed by atoms with E-state index in [1.54, 1.807) is 28.4 Å². The van der Waals surface area contributed by atoms with Gasteiger partial charge >= 0.3 is 0 Å². The van der Waals surface area contributed by atoms with Crippen molar-refractivity contribution in [2.75, 3.05) is 6.54 Å². The molecule has 25 heavy (non-hydrogen) atoms. The lowest BCUT2D eigenvalue weighted by molar-refractivity contribution is -0.127. The summed E-state index contributed by atoms with van der Waals surface area (Å²) in [6.45, 7) is 2.68. The van der Waals surface area contributed by atoms with E-state index in [1.165, 1.54) is 0 Å². The average Bonchev–Trinajstić information content (AvgIpc) is 3.37. The molecule has 1 aliphatic rings. The van der Waals surface area contributed by atoms with Crippen molar-refractivity contribution in [2.45, 2.75) is 32.2 Å². The Morgan fingerprint density at radius 3 is 3.08 bits per heavy atom. The molecule has 1 aliphatic heterocycles. The lowest BCUT2D eigenvalue weighted by Gasteiger charge is -2.19. The minimum Gasteiger partial charge on any atom is -0.337 e. The van der Waals surface area contributed by atoms with E-state index >= 15 is 0 Å². The number of thiazole rings is 1. The molecule has 4 rings (SSSR count). The van der Waals surface area contributed by atoms with Crippen LogP contribution in [0.3, 0.4) is 0 Å². The van der Waals surface area contributed by atoms with E-state index in [0.29, 0.717) is 18.3 Å². The third kappa shape index (κ3) is 3.19. The van der Waals surface area contributed by atoms with Crippen molar-refractivity contribution in [3.8, 4) is 0 Å². The molecule has 7 heteroatoms. The molecule has 0 saturated carbocycles. The minimum absolute atomic E-state index is 0.0435. The Morgan fingerprint density at radius 2 is 2.28 bits per heavy atom. The molecule has 0 spiro atoms. The normalized spacial score (nSPS) is 17.8. The molecule has 0 bridgehead atoms. The van der Waals surface area contributed by atoms with E-state index in [0.717, 1.165) is 34.5 Å². The van der Waals surface area contributed by atoms with Gasteiger partial charge in [0.1, 0.15) is 11.0 Å². The second-order valence-corrected chi connectivity index (χ2v) is 7.01. The molecule has 3 heterocycles. The van der Waals surface area contributed by atoms with Gasteiger partial charge in [0.2, 0.25) is 11.8 Å². The monoisotopic (exact) mass is 354 g/mol. The van der Waals surface area contributed by atoms with Crippen LogP contribution in [0.4, 0.5) is 0 Å². The van der Waals surface area contributed by atoms with Crippen LogP contribution in [-0.2, 0) is 11.2 Å². The van der Waals surface area contributed by atoms with Crippen LogP contribution in [-0.4, -0.2) is 32.5 Å². The number of hydrogen-bond donors (Lipinski definition) is 0. The molecule has 0 aliphatic carbocycles. The highest BCUT2D eigenvalue weighted by Gasteiger charge is 2.32. The minimum atomic E-state index is -0.125. The fraction of sp³-hybridized carbons (Fsp3) is 0.333. The SMILES string of the molecule is CCc1noc([C@@H]2CCCN2C(=O)/C=C/c2nc3ccccc3s2)n1. The van der Waals surface area contributed by atoms with E-state index in [4.69, 9.17) is 4.52 Å². The van der Waals surface area contributed by atoms with Gasteiger partial charge in [-0.25, -0.2) is 4.98 Å². The maximum atomic E-state index is 12.6. The van der Waals surface area contributed by atoms with Crippen LogP contribution in [0, 0.1) is 0 Å². The van der Waals surface area contributed by atoms with Crippen molar-refractivity contribution in [3.63, 3.8) is 0 Å². The molecule has 3 aromatic rings. The molecular weight excluding hydrogens is 336 g/mol. The summed E-state index contributed by atoms with van der Waals surface area (Å²) < 4.78 is 6.45. The van der Waals surface area contributed by atoms with E-state index < -0.39 is 0 Å². The standard InChI is InChI=1S/C18H18N4O2S/c1-2-15-20-18(24-21-15)13-7-5-11-22(13)17(23)10-9-16-19-12-6-3-4-8-14(12)25-16/h3-4,6,8-10,13H,2,5,7,11H2,1H3/b10-9+/t13-/m0/s1. The topological polar surface area (TPSA) is 72.1 Å². The first-order valence-corrected chi connectivity index (χ1v) is 9.23. The molecule has 1 fully saturated rings. The van der Waals surface area contributed by atoms with E-state index in [2.05, 4.69) is 15.1 Å². The van der Waals surface area contributed by atoms with Crippen LogP contribution in [0.5, 0.6) is 0 Å². The predicted molar refractivity (Wildman–Crippen MR) is 96.0 cm³/mol. The number of hydrogen-bond acceptors (Lipinski definition) is 6. The number of rotatable bonds is 4. The van der Waals surface area contributed by atoms with Crippen LogP contribution in [0.2, 0.25) is 0 Å². The first-order chi connectivity index (χ1) is 12.2. The van der Waals surface area contributed by atoms with Gasteiger partial charge < -0.3 is 9.42 Å². The first-order valence-electron chi connectivity index (χ1n) is 8.41. The maximum Gasteiger partial charge on any atom is 0.249 e. The number of carbonyl (C=O) groups is 1. The van der Waals surface area contributed by atoms with Crippen molar-refractivity contribution in [3.05, 3.63) is 47.1 Å². The number of para-hydroxylation sites is 1. The third-order valence-corrected chi connectivity index (χ3v) is 5.30. The third-order valence-electron chi connectivity index (χ3n) is 4.30. The van der Waals surface area contributed by atoms with Crippen molar-refractivity contribution >= 4 is 33.5 Å². The number of benzene rings is 1. The second kappa shape index (κ2) is 6.76. The van der Waals surface area contributed by atoms with Gasteiger partial charge in [0.15, 0.2) is 5.82 Å². The molecule has 0 radical (unpaired) electrons. The molecule has 0 N–H and O–H groups in total. The van der Waals surface area contributed by atoms with Crippen molar-refractivity contribution < 1.29 is 9.32 Å². The Bertz CT molecular complexity index is 897. The second-order valence-electron chi connectivity index (χ2n) is 5.95. The number of aromatic nitrogens is 3. The quantitative estimate of drug-likeness (QED) is 0.669. The van der Waals surface area contributed by atoms with Gasteiger partial charge in [-0.1, -0.05) is 24.2 Å². The van der Waals surface area contributed by atoms with Crippen LogP contribution in [0.1, 0.15) is 42.5 Å². The van der Waals surface area contributed by atoms with Crippen molar-refractivity contribution in [1.82, 2.24) is 20.0 Å². The fourth-order valence-corrected chi connectivity index (χ4v) is 3.90.